The van der Waals surface area contributed by atoms with Crippen molar-refractivity contribution in [2.75, 3.05) is 0 Å². The lowest BCUT2D eigenvalue weighted by Gasteiger charge is -2.02. The molecule has 0 fully saturated rings. The van der Waals surface area contributed by atoms with Gasteiger partial charge in [0.05, 0.1) is 6.42 Å². The van der Waals surface area contributed by atoms with Gasteiger partial charge in [-0.15, -0.1) is 0 Å². The minimum atomic E-state index is -0.976. The van der Waals surface area contributed by atoms with Crippen molar-refractivity contribution in [1.82, 2.24) is 14.7 Å². The second kappa shape index (κ2) is 5.44. The molecule has 1 N–H and O–H groups in total. The zero-order valence-corrected chi connectivity index (χ0v) is 11.8. The number of hydrogen-bond acceptors (Lipinski definition) is 5. The number of carboxylic acid groups (broad SMARTS) is 1. The Morgan fingerprint density at radius 2 is 2.05 bits per heavy atom. The molecule has 2 aromatic heterocycles. The summed E-state index contributed by atoms with van der Waals surface area (Å²) in [7, 11) is 0. The number of hydrogen-bond donors (Lipinski definition) is 1. The van der Waals surface area contributed by atoms with E-state index in [1.807, 2.05) is 31.2 Å². The third-order valence-corrected chi connectivity index (χ3v) is 3.35. The Labute approximate surface area is 124 Å². The number of aromatic nitrogens is 3. The van der Waals surface area contributed by atoms with Crippen LogP contribution in [0.25, 0.3) is 22.4 Å². The molecule has 0 saturated heterocycles. The average Bonchev–Trinajstić information content (AvgIpc) is 2.92. The maximum Gasteiger partial charge on any atom is 0.305 e. The molecule has 0 unspecified atom stereocenters. The van der Waals surface area contributed by atoms with Gasteiger partial charge in [-0.3, -0.25) is 14.2 Å². The Morgan fingerprint density at radius 1 is 1.32 bits per heavy atom. The van der Waals surface area contributed by atoms with Gasteiger partial charge in [0.15, 0.2) is 0 Å². The number of carbonyl (C=O) groups is 1. The first-order chi connectivity index (χ1) is 10.6. The fraction of sp³-hybridized carbons (Fsp3) is 0.200. The Kier molecular flexibility index (Phi) is 3.46. The molecule has 0 spiro atoms. The summed E-state index contributed by atoms with van der Waals surface area (Å²) < 4.78 is 6.36. The van der Waals surface area contributed by atoms with Gasteiger partial charge >= 0.3 is 5.97 Å². The highest BCUT2D eigenvalue weighted by Gasteiger charge is 2.17. The third-order valence-electron chi connectivity index (χ3n) is 3.35. The molecular formula is C15H13N3O4. The molecular weight excluding hydrogens is 286 g/mol. The van der Waals surface area contributed by atoms with Crippen LogP contribution in [0.4, 0.5) is 0 Å². The van der Waals surface area contributed by atoms with Crippen LogP contribution >= 0.6 is 0 Å². The van der Waals surface area contributed by atoms with Crippen LogP contribution in [0.1, 0.15) is 12.0 Å². The van der Waals surface area contributed by atoms with Crippen molar-refractivity contribution < 1.29 is 14.4 Å². The highest BCUT2D eigenvalue weighted by molar-refractivity contribution is 5.88. The quantitative estimate of drug-likeness (QED) is 0.789. The first kappa shape index (κ1) is 14.0. The van der Waals surface area contributed by atoms with E-state index in [4.69, 9.17) is 9.63 Å². The first-order valence-electron chi connectivity index (χ1n) is 6.70. The topological polar surface area (TPSA) is 98.2 Å². The lowest BCUT2D eigenvalue weighted by molar-refractivity contribution is -0.137. The monoisotopic (exact) mass is 299 g/mol. The summed E-state index contributed by atoms with van der Waals surface area (Å²) in [6.45, 7) is 2.01. The SMILES string of the molecule is Cc1ccc(-c2noc3ncn(CCC(=O)O)c(=O)c23)cc1. The summed E-state index contributed by atoms with van der Waals surface area (Å²) in [6, 6.07) is 7.52. The predicted molar refractivity (Wildman–Crippen MR) is 78.5 cm³/mol. The van der Waals surface area contributed by atoms with E-state index in [9.17, 15) is 9.59 Å². The fourth-order valence-corrected chi connectivity index (χ4v) is 2.16. The normalized spacial score (nSPS) is 11.0. The lowest BCUT2D eigenvalue weighted by atomic mass is 10.1. The van der Waals surface area contributed by atoms with E-state index in [0.717, 1.165) is 11.1 Å². The van der Waals surface area contributed by atoms with Gasteiger partial charge in [0.25, 0.3) is 11.3 Å². The number of benzene rings is 1. The fourth-order valence-electron chi connectivity index (χ4n) is 2.16. The largest absolute Gasteiger partial charge is 0.481 e. The Bertz CT molecular complexity index is 893. The first-order valence-corrected chi connectivity index (χ1v) is 6.70. The molecule has 0 saturated carbocycles. The molecule has 1 aromatic carbocycles. The minimum absolute atomic E-state index is 0.0512. The van der Waals surface area contributed by atoms with Gasteiger partial charge < -0.3 is 9.63 Å². The molecule has 112 valence electrons. The van der Waals surface area contributed by atoms with Crippen LogP contribution < -0.4 is 5.56 Å². The number of fused-ring (bicyclic) bond motifs is 1. The third kappa shape index (κ3) is 2.48. The van der Waals surface area contributed by atoms with Crippen molar-refractivity contribution in [3.05, 3.63) is 46.5 Å². The van der Waals surface area contributed by atoms with E-state index in [1.54, 1.807) is 0 Å². The molecule has 0 radical (unpaired) electrons. The van der Waals surface area contributed by atoms with E-state index in [-0.39, 0.29) is 29.6 Å². The summed E-state index contributed by atoms with van der Waals surface area (Å²) in [5, 5.41) is 12.9. The van der Waals surface area contributed by atoms with Crippen LogP contribution in [0.5, 0.6) is 0 Å². The molecule has 22 heavy (non-hydrogen) atoms. The molecule has 0 aliphatic heterocycles. The maximum atomic E-state index is 12.5. The van der Waals surface area contributed by atoms with E-state index in [1.165, 1.54) is 10.9 Å². The van der Waals surface area contributed by atoms with Crippen molar-refractivity contribution in [1.29, 1.82) is 0 Å². The summed E-state index contributed by atoms with van der Waals surface area (Å²) in [6.07, 6.45) is 1.12. The minimum Gasteiger partial charge on any atom is -0.481 e. The Hall–Kier alpha value is -2.96. The number of rotatable bonds is 4. The van der Waals surface area contributed by atoms with Crippen molar-refractivity contribution in [2.24, 2.45) is 0 Å². The van der Waals surface area contributed by atoms with E-state index in [0.29, 0.717) is 5.69 Å². The highest BCUT2D eigenvalue weighted by atomic mass is 16.5. The van der Waals surface area contributed by atoms with Crippen molar-refractivity contribution in [2.45, 2.75) is 19.9 Å². The van der Waals surface area contributed by atoms with Crippen LogP contribution in [-0.4, -0.2) is 25.8 Å². The number of aliphatic carboxylic acids is 1. The molecule has 0 aliphatic rings. The van der Waals surface area contributed by atoms with Gasteiger partial charge in [-0.05, 0) is 6.92 Å². The molecule has 7 heteroatoms. The van der Waals surface area contributed by atoms with E-state index >= 15 is 0 Å². The van der Waals surface area contributed by atoms with Crippen LogP contribution in [-0.2, 0) is 11.3 Å². The Morgan fingerprint density at radius 3 is 2.73 bits per heavy atom. The highest BCUT2D eigenvalue weighted by Crippen LogP contribution is 2.24. The molecule has 3 aromatic rings. The molecule has 0 bridgehead atoms. The van der Waals surface area contributed by atoms with Gasteiger partial charge in [-0.2, -0.15) is 0 Å². The van der Waals surface area contributed by atoms with Crippen LogP contribution in [0.2, 0.25) is 0 Å². The maximum absolute atomic E-state index is 12.5. The molecule has 0 atom stereocenters. The Balaban J connectivity index is 2.12. The summed E-state index contributed by atoms with van der Waals surface area (Å²) >= 11 is 0. The van der Waals surface area contributed by atoms with E-state index < -0.39 is 5.97 Å². The average molecular weight is 299 g/mol. The van der Waals surface area contributed by atoms with Gasteiger partial charge in [0, 0.05) is 12.1 Å². The van der Waals surface area contributed by atoms with Crippen molar-refractivity contribution >= 4 is 17.1 Å². The van der Waals surface area contributed by atoms with Crippen molar-refractivity contribution in [3.8, 4) is 11.3 Å². The standard InChI is InChI=1S/C15H13N3O4/c1-9-2-4-10(5-3-9)13-12-14(22-17-13)16-8-18(15(12)21)7-6-11(19)20/h2-5,8H,6-7H2,1H3,(H,19,20). The predicted octanol–water partition coefficient (Wildman–Crippen LogP) is 1.83. The van der Waals surface area contributed by atoms with Gasteiger partial charge in [-0.25, -0.2) is 4.98 Å². The summed E-state index contributed by atoms with van der Waals surface area (Å²) in [4.78, 5) is 27.2. The van der Waals surface area contributed by atoms with E-state index in [2.05, 4.69) is 10.1 Å². The van der Waals surface area contributed by atoms with Crippen LogP contribution in [0.15, 0.2) is 39.9 Å². The number of nitrogens with zero attached hydrogens (tertiary/aromatic N) is 3. The number of carboxylic acids is 1. The van der Waals surface area contributed by atoms with Crippen LogP contribution in [0.3, 0.4) is 0 Å². The molecule has 0 amide bonds. The van der Waals surface area contributed by atoms with Gasteiger partial charge in [0.1, 0.15) is 17.4 Å². The second-order valence-electron chi connectivity index (χ2n) is 4.96. The number of aryl methyl sites for hydroxylation is 2. The summed E-state index contributed by atoms with van der Waals surface area (Å²) in [5.74, 6) is -0.976. The zero-order valence-electron chi connectivity index (χ0n) is 11.8. The van der Waals surface area contributed by atoms with Gasteiger partial charge in [-0.1, -0.05) is 35.0 Å². The van der Waals surface area contributed by atoms with Crippen molar-refractivity contribution in [3.63, 3.8) is 0 Å². The smallest absolute Gasteiger partial charge is 0.305 e. The molecule has 3 rings (SSSR count). The molecule has 0 aliphatic carbocycles. The second-order valence-corrected chi connectivity index (χ2v) is 4.96. The lowest BCUT2D eigenvalue weighted by Crippen LogP contribution is -2.21. The molecule has 2 heterocycles. The summed E-state index contributed by atoms with van der Waals surface area (Å²) in [5.41, 5.74) is 2.04. The molecule has 7 nitrogen and oxygen atoms in total. The zero-order chi connectivity index (χ0) is 15.7. The van der Waals surface area contributed by atoms with Gasteiger partial charge in [0.2, 0.25) is 0 Å². The van der Waals surface area contributed by atoms with Crippen LogP contribution in [0, 0.1) is 6.92 Å².